The van der Waals surface area contributed by atoms with E-state index in [1.807, 2.05) is 24.3 Å². The van der Waals surface area contributed by atoms with Gasteiger partial charge in [0.15, 0.2) is 0 Å². The van der Waals surface area contributed by atoms with Crippen LogP contribution >= 0.6 is 0 Å². The van der Waals surface area contributed by atoms with Gasteiger partial charge in [0.2, 0.25) is 0 Å². The number of hydrogen-bond donors (Lipinski definition) is 1. The van der Waals surface area contributed by atoms with Crippen molar-refractivity contribution in [1.29, 1.82) is 0 Å². The maximum atomic E-state index is 12.3. The van der Waals surface area contributed by atoms with Gasteiger partial charge in [-0.2, -0.15) is 0 Å². The zero-order valence-corrected chi connectivity index (χ0v) is 14.1. The molecule has 130 valence electrons. The van der Waals surface area contributed by atoms with Crippen molar-refractivity contribution in [2.75, 3.05) is 19.7 Å². The number of hydrogen-bond acceptors (Lipinski definition) is 4. The third kappa shape index (κ3) is 3.11. The maximum Gasteiger partial charge on any atom is 0.327 e. The number of para-hydroxylation sites is 1. The summed E-state index contributed by atoms with van der Waals surface area (Å²) in [7, 11) is 0. The lowest BCUT2D eigenvalue weighted by Crippen LogP contribution is -2.41. The van der Waals surface area contributed by atoms with Gasteiger partial charge in [-0.1, -0.05) is 32.0 Å². The first-order valence-corrected chi connectivity index (χ1v) is 8.50. The van der Waals surface area contributed by atoms with Crippen molar-refractivity contribution >= 4 is 11.9 Å². The lowest BCUT2D eigenvalue weighted by atomic mass is 10.0. The first-order chi connectivity index (χ1) is 11.5. The molecule has 6 nitrogen and oxygen atoms in total. The lowest BCUT2D eigenvalue weighted by Gasteiger charge is -2.20. The molecule has 2 saturated heterocycles. The fourth-order valence-corrected chi connectivity index (χ4v) is 3.39. The molecule has 1 aromatic rings. The van der Waals surface area contributed by atoms with Gasteiger partial charge in [0, 0.05) is 6.54 Å². The summed E-state index contributed by atoms with van der Waals surface area (Å²) in [5, 5.41) is 10.2. The van der Waals surface area contributed by atoms with Crippen LogP contribution in [0.25, 0.3) is 0 Å². The third-order valence-electron chi connectivity index (χ3n) is 4.65. The number of imide groups is 1. The summed E-state index contributed by atoms with van der Waals surface area (Å²) in [6.07, 6.45) is 0.682. The molecule has 0 saturated carbocycles. The summed E-state index contributed by atoms with van der Waals surface area (Å²) in [6.45, 7) is 4.81. The van der Waals surface area contributed by atoms with Crippen molar-refractivity contribution in [3.05, 3.63) is 29.8 Å². The molecule has 0 radical (unpaired) electrons. The number of amides is 3. The Kier molecular flexibility index (Phi) is 4.76. The minimum absolute atomic E-state index is 0.0193. The second-order valence-corrected chi connectivity index (χ2v) is 6.74. The molecule has 1 N–H and O–H groups in total. The van der Waals surface area contributed by atoms with Gasteiger partial charge in [0.25, 0.3) is 5.91 Å². The molecule has 24 heavy (non-hydrogen) atoms. The van der Waals surface area contributed by atoms with Gasteiger partial charge in [-0.15, -0.1) is 0 Å². The van der Waals surface area contributed by atoms with Crippen LogP contribution in [0.1, 0.15) is 38.2 Å². The zero-order chi connectivity index (χ0) is 17.3. The Morgan fingerprint density at radius 1 is 1.29 bits per heavy atom. The molecular formula is C18H24N2O4. The molecule has 0 bridgehead atoms. The van der Waals surface area contributed by atoms with E-state index in [0.717, 1.165) is 29.1 Å². The quantitative estimate of drug-likeness (QED) is 0.809. The van der Waals surface area contributed by atoms with Gasteiger partial charge in [-0.3, -0.25) is 9.69 Å². The molecule has 2 fully saturated rings. The third-order valence-corrected chi connectivity index (χ3v) is 4.65. The average molecular weight is 332 g/mol. The van der Waals surface area contributed by atoms with Crippen LogP contribution in [0.4, 0.5) is 4.79 Å². The number of carbonyl (C=O) groups is 2. The molecule has 2 aliphatic heterocycles. The SMILES string of the molecule is CC(C)c1ccccc1OC[C@H](O)CN1C(=O)[C@@H]2CCCN2C1=O. The molecule has 3 rings (SSSR count). The van der Waals surface area contributed by atoms with Crippen LogP contribution in [0.15, 0.2) is 24.3 Å². The van der Waals surface area contributed by atoms with Gasteiger partial charge < -0.3 is 14.7 Å². The van der Waals surface area contributed by atoms with Crippen molar-refractivity contribution < 1.29 is 19.4 Å². The topological polar surface area (TPSA) is 70.1 Å². The predicted octanol–water partition coefficient (Wildman–Crippen LogP) is 1.98. The van der Waals surface area contributed by atoms with E-state index >= 15 is 0 Å². The fraction of sp³-hybridized carbons (Fsp3) is 0.556. The molecule has 2 aliphatic rings. The van der Waals surface area contributed by atoms with Gasteiger partial charge in [-0.25, -0.2) is 4.79 Å². The predicted molar refractivity (Wildman–Crippen MR) is 88.9 cm³/mol. The van der Waals surface area contributed by atoms with E-state index in [0.29, 0.717) is 12.5 Å². The standard InChI is InChI=1S/C18H24N2O4/c1-12(2)14-6-3-4-8-16(14)24-11-13(21)10-20-17(22)15-7-5-9-19(15)18(20)23/h3-4,6,8,12-13,15,21H,5,7,9-11H2,1-2H3/t13-,15+/m1/s1. The highest BCUT2D eigenvalue weighted by Crippen LogP contribution is 2.28. The Labute approximate surface area is 142 Å². The number of fused-ring (bicyclic) bond motifs is 1. The molecule has 2 heterocycles. The number of urea groups is 1. The monoisotopic (exact) mass is 332 g/mol. The molecule has 6 heteroatoms. The fourth-order valence-electron chi connectivity index (χ4n) is 3.39. The smallest absolute Gasteiger partial charge is 0.327 e. The molecule has 3 amide bonds. The highest BCUT2D eigenvalue weighted by molar-refractivity contribution is 6.04. The van der Waals surface area contributed by atoms with Gasteiger partial charge in [-0.05, 0) is 30.4 Å². The van der Waals surface area contributed by atoms with E-state index < -0.39 is 6.10 Å². The summed E-state index contributed by atoms with van der Waals surface area (Å²) in [5.74, 6) is 0.845. The van der Waals surface area contributed by atoms with Crippen LogP contribution < -0.4 is 4.74 Å². The highest BCUT2D eigenvalue weighted by atomic mass is 16.5. The second-order valence-electron chi connectivity index (χ2n) is 6.74. The van der Waals surface area contributed by atoms with Crippen molar-refractivity contribution in [1.82, 2.24) is 9.80 Å². The molecule has 0 aliphatic carbocycles. The molecule has 0 unspecified atom stereocenters. The Hall–Kier alpha value is -2.08. The molecule has 0 aromatic heterocycles. The van der Waals surface area contributed by atoms with Crippen LogP contribution in [0.3, 0.4) is 0 Å². The van der Waals surface area contributed by atoms with Gasteiger partial charge >= 0.3 is 6.03 Å². The number of β-amino-alcohol motifs (C(OH)–C–C–N with tert-alkyl or cyclic N) is 1. The first kappa shape index (κ1) is 16.8. The Morgan fingerprint density at radius 3 is 2.75 bits per heavy atom. The number of nitrogens with zero attached hydrogens (tertiary/aromatic N) is 2. The second kappa shape index (κ2) is 6.81. The van der Waals surface area contributed by atoms with E-state index in [4.69, 9.17) is 4.74 Å². The number of carbonyl (C=O) groups excluding carboxylic acids is 2. The van der Waals surface area contributed by atoms with Crippen LogP contribution in [0, 0.1) is 0 Å². The van der Waals surface area contributed by atoms with E-state index in [1.165, 1.54) is 0 Å². The number of benzene rings is 1. The van der Waals surface area contributed by atoms with Crippen LogP contribution in [-0.4, -0.2) is 58.7 Å². The lowest BCUT2D eigenvalue weighted by molar-refractivity contribution is -0.129. The summed E-state index contributed by atoms with van der Waals surface area (Å²) in [6, 6.07) is 7.08. The molecule has 2 atom stereocenters. The molecular weight excluding hydrogens is 308 g/mol. The first-order valence-electron chi connectivity index (χ1n) is 8.50. The van der Waals surface area contributed by atoms with E-state index in [2.05, 4.69) is 13.8 Å². The summed E-state index contributed by atoms with van der Waals surface area (Å²) in [4.78, 5) is 27.3. The highest BCUT2D eigenvalue weighted by Gasteiger charge is 2.47. The zero-order valence-electron chi connectivity index (χ0n) is 14.1. The van der Waals surface area contributed by atoms with E-state index in [9.17, 15) is 14.7 Å². The summed E-state index contributed by atoms with van der Waals surface area (Å²) >= 11 is 0. The number of ether oxygens (including phenoxy) is 1. The van der Waals surface area contributed by atoms with Gasteiger partial charge in [0.05, 0.1) is 6.54 Å². The largest absolute Gasteiger partial charge is 0.491 e. The van der Waals surface area contributed by atoms with Crippen LogP contribution in [0.5, 0.6) is 5.75 Å². The van der Waals surface area contributed by atoms with Crippen molar-refractivity contribution in [3.8, 4) is 5.75 Å². The summed E-state index contributed by atoms with van der Waals surface area (Å²) in [5.41, 5.74) is 1.07. The van der Waals surface area contributed by atoms with Crippen molar-refractivity contribution in [2.45, 2.75) is 44.8 Å². The van der Waals surface area contributed by atoms with Crippen molar-refractivity contribution in [2.24, 2.45) is 0 Å². The number of aliphatic hydroxyl groups excluding tert-OH is 1. The van der Waals surface area contributed by atoms with E-state index in [-0.39, 0.29) is 31.1 Å². The van der Waals surface area contributed by atoms with Crippen LogP contribution in [0.2, 0.25) is 0 Å². The minimum atomic E-state index is -0.904. The average Bonchev–Trinajstić information content (AvgIpc) is 3.13. The van der Waals surface area contributed by atoms with Crippen molar-refractivity contribution in [3.63, 3.8) is 0 Å². The van der Waals surface area contributed by atoms with Crippen LogP contribution in [-0.2, 0) is 4.79 Å². The Balaban J connectivity index is 1.58. The Morgan fingerprint density at radius 2 is 2.04 bits per heavy atom. The van der Waals surface area contributed by atoms with Gasteiger partial charge in [0.1, 0.15) is 24.5 Å². The maximum absolute atomic E-state index is 12.3. The number of aliphatic hydroxyl groups is 1. The minimum Gasteiger partial charge on any atom is -0.491 e. The van der Waals surface area contributed by atoms with E-state index in [1.54, 1.807) is 4.90 Å². The number of rotatable bonds is 6. The Bertz CT molecular complexity index is 609. The normalized spacial score (nSPS) is 21.6. The molecule has 1 aromatic carbocycles. The molecule has 0 spiro atoms. The summed E-state index contributed by atoms with van der Waals surface area (Å²) < 4.78 is 5.72.